The first-order valence-electron chi connectivity index (χ1n) is 6.18. The van der Waals surface area contributed by atoms with Crippen LogP contribution in [0.3, 0.4) is 0 Å². The Kier molecular flexibility index (Phi) is 2.94. The fraction of sp³-hybridized carbons (Fsp3) is 0.286. The lowest BCUT2D eigenvalue weighted by atomic mass is 10.1. The number of ether oxygens (including phenoxy) is 1. The maximum absolute atomic E-state index is 8.97. The smallest absolute Gasteiger partial charge is 0.161 e. The number of morpholine rings is 1. The number of nitrogens with zero attached hydrogens (tertiary/aromatic N) is 3. The van der Waals surface area contributed by atoms with E-state index in [0.29, 0.717) is 18.8 Å². The number of pyridine rings is 1. The van der Waals surface area contributed by atoms with Crippen molar-refractivity contribution < 1.29 is 4.74 Å². The number of fused-ring (bicyclic) bond motifs is 1. The molecule has 1 aliphatic heterocycles. The minimum atomic E-state index is -0.370. The third-order valence-corrected chi connectivity index (χ3v) is 3.29. The second-order valence-electron chi connectivity index (χ2n) is 4.54. The van der Waals surface area contributed by atoms with Crippen LogP contribution < -0.4 is 10.6 Å². The number of nitrogens with two attached hydrogens (primary N) is 1. The zero-order chi connectivity index (χ0) is 13.2. The molecule has 5 heteroatoms. The molecule has 5 nitrogen and oxygen atoms in total. The molecule has 1 atom stereocenters. The molecule has 3 rings (SSSR count). The highest BCUT2D eigenvalue weighted by Gasteiger charge is 2.21. The molecule has 0 bridgehead atoms. The Morgan fingerprint density at radius 2 is 2.32 bits per heavy atom. The number of benzene rings is 1. The molecule has 19 heavy (non-hydrogen) atoms. The van der Waals surface area contributed by atoms with Gasteiger partial charge < -0.3 is 15.4 Å². The van der Waals surface area contributed by atoms with E-state index in [0.717, 1.165) is 23.1 Å². The van der Waals surface area contributed by atoms with Crippen LogP contribution in [-0.4, -0.2) is 30.8 Å². The van der Waals surface area contributed by atoms with E-state index in [1.54, 1.807) is 6.20 Å². The number of nitrogen functional groups attached to an aromatic ring is 1. The summed E-state index contributed by atoms with van der Waals surface area (Å²) in [4.78, 5) is 6.50. The summed E-state index contributed by atoms with van der Waals surface area (Å²) in [7, 11) is 0. The molecule has 1 saturated heterocycles. The van der Waals surface area contributed by atoms with E-state index in [1.165, 1.54) is 0 Å². The highest BCUT2D eigenvalue weighted by Crippen LogP contribution is 2.27. The molecule has 0 spiro atoms. The molecule has 1 aromatic heterocycles. The number of rotatable bonds is 1. The van der Waals surface area contributed by atoms with Gasteiger partial charge in [-0.25, -0.2) is 0 Å². The van der Waals surface area contributed by atoms with Crippen LogP contribution in [0.4, 0.5) is 11.4 Å². The third kappa shape index (κ3) is 2.18. The van der Waals surface area contributed by atoms with E-state index in [4.69, 9.17) is 15.7 Å². The number of nitriles is 1. The fourth-order valence-electron chi connectivity index (χ4n) is 2.37. The summed E-state index contributed by atoms with van der Waals surface area (Å²) in [5.41, 5.74) is 8.43. The summed E-state index contributed by atoms with van der Waals surface area (Å²) < 4.78 is 5.37. The molecular weight excluding hydrogens is 240 g/mol. The fourth-order valence-corrected chi connectivity index (χ4v) is 2.37. The van der Waals surface area contributed by atoms with Crippen molar-refractivity contribution in [3.8, 4) is 6.07 Å². The lowest BCUT2D eigenvalue weighted by Crippen LogP contribution is -2.41. The molecule has 1 aliphatic rings. The lowest BCUT2D eigenvalue weighted by molar-refractivity contribution is 0.0765. The van der Waals surface area contributed by atoms with Gasteiger partial charge in [0.05, 0.1) is 24.7 Å². The summed E-state index contributed by atoms with van der Waals surface area (Å²) in [5, 5.41) is 10.0. The number of hydrogen-bond donors (Lipinski definition) is 1. The van der Waals surface area contributed by atoms with E-state index in [1.807, 2.05) is 24.3 Å². The topological polar surface area (TPSA) is 75.2 Å². The largest absolute Gasteiger partial charge is 0.399 e. The molecule has 1 aromatic carbocycles. The van der Waals surface area contributed by atoms with Gasteiger partial charge in [-0.2, -0.15) is 5.26 Å². The minimum Gasteiger partial charge on any atom is -0.399 e. The van der Waals surface area contributed by atoms with Gasteiger partial charge in [0, 0.05) is 29.5 Å². The zero-order valence-electron chi connectivity index (χ0n) is 10.4. The first-order chi connectivity index (χ1) is 9.28. The second-order valence-corrected chi connectivity index (χ2v) is 4.54. The summed E-state index contributed by atoms with van der Waals surface area (Å²) in [6.45, 7) is 1.93. The average molecular weight is 254 g/mol. The Morgan fingerprint density at radius 3 is 3.16 bits per heavy atom. The number of aromatic nitrogens is 1. The van der Waals surface area contributed by atoms with Crippen LogP contribution >= 0.6 is 0 Å². The normalized spacial score (nSPS) is 19.3. The summed E-state index contributed by atoms with van der Waals surface area (Å²) in [5.74, 6) is 0. The monoisotopic (exact) mass is 254 g/mol. The van der Waals surface area contributed by atoms with Crippen molar-refractivity contribution in [1.82, 2.24) is 4.98 Å². The van der Waals surface area contributed by atoms with E-state index in [2.05, 4.69) is 16.0 Å². The molecule has 0 radical (unpaired) electrons. The van der Waals surface area contributed by atoms with Gasteiger partial charge in [-0.15, -0.1) is 0 Å². The molecule has 0 amide bonds. The number of anilines is 2. The minimum absolute atomic E-state index is 0.370. The van der Waals surface area contributed by atoms with Crippen molar-refractivity contribution in [2.24, 2.45) is 0 Å². The van der Waals surface area contributed by atoms with Crippen LogP contribution in [-0.2, 0) is 4.74 Å². The number of hydrogen-bond acceptors (Lipinski definition) is 5. The van der Waals surface area contributed by atoms with Crippen LogP contribution in [0.15, 0.2) is 30.5 Å². The van der Waals surface area contributed by atoms with Crippen molar-refractivity contribution in [3.63, 3.8) is 0 Å². The molecule has 0 aliphatic carbocycles. The van der Waals surface area contributed by atoms with Crippen LogP contribution in [0.25, 0.3) is 10.9 Å². The molecule has 2 heterocycles. The average Bonchev–Trinajstić information content (AvgIpc) is 2.46. The highest BCUT2D eigenvalue weighted by atomic mass is 16.5. The molecular formula is C14H14N4O. The molecule has 2 aromatic rings. The van der Waals surface area contributed by atoms with Gasteiger partial charge in [0.2, 0.25) is 0 Å². The Bertz CT molecular complexity index is 649. The van der Waals surface area contributed by atoms with E-state index >= 15 is 0 Å². The second kappa shape index (κ2) is 4.75. The standard InChI is InChI=1S/C14H14N4O/c15-8-11-9-18(5-6-19-11)14-3-4-17-13-7-10(16)1-2-12(13)14/h1-4,7,11H,5-6,9,16H2. The predicted octanol–water partition coefficient (Wildman–Crippen LogP) is 1.55. The van der Waals surface area contributed by atoms with Crippen molar-refractivity contribution in [2.75, 3.05) is 30.3 Å². The van der Waals surface area contributed by atoms with Gasteiger partial charge in [-0.1, -0.05) is 0 Å². The summed E-state index contributed by atoms with van der Waals surface area (Å²) in [6.07, 6.45) is 1.40. The SMILES string of the molecule is N#CC1CN(c2ccnc3cc(N)ccc23)CCO1. The molecule has 96 valence electrons. The molecule has 1 fully saturated rings. The van der Waals surface area contributed by atoms with Gasteiger partial charge >= 0.3 is 0 Å². The van der Waals surface area contributed by atoms with Gasteiger partial charge in [0.15, 0.2) is 6.10 Å². The van der Waals surface area contributed by atoms with Gasteiger partial charge in [0.1, 0.15) is 0 Å². The van der Waals surface area contributed by atoms with Gasteiger partial charge in [0.25, 0.3) is 0 Å². The van der Waals surface area contributed by atoms with Crippen LogP contribution in [0.2, 0.25) is 0 Å². The van der Waals surface area contributed by atoms with Crippen LogP contribution in [0, 0.1) is 11.3 Å². The predicted molar refractivity (Wildman–Crippen MR) is 73.7 cm³/mol. The zero-order valence-corrected chi connectivity index (χ0v) is 10.4. The van der Waals surface area contributed by atoms with Gasteiger partial charge in [-0.05, 0) is 24.3 Å². The van der Waals surface area contributed by atoms with Gasteiger partial charge in [-0.3, -0.25) is 4.98 Å². The van der Waals surface area contributed by atoms with Crippen LogP contribution in [0.1, 0.15) is 0 Å². The first-order valence-corrected chi connectivity index (χ1v) is 6.18. The molecule has 1 unspecified atom stereocenters. The van der Waals surface area contributed by atoms with Crippen molar-refractivity contribution in [3.05, 3.63) is 30.5 Å². The van der Waals surface area contributed by atoms with Crippen molar-refractivity contribution in [2.45, 2.75) is 6.10 Å². The quantitative estimate of drug-likeness (QED) is 0.781. The maximum atomic E-state index is 8.97. The first kappa shape index (κ1) is 11.8. The highest BCUT2D eigenvalue weighted by molar-refractivity contribution is 5.93. The Labute approximate surface area is 111 Å². The summed E-state index contributed by atoms with van der Waals surface area (Å²) in [6, 6.07) is 9.84. The Hall–Kier alpha value is -2.32. The van der Waals surface area contributed by atoms with E-state index in [9.17, 15) is 0 Å². The van der Waals surface area contributed by atoms with Crippen LogP contribution in [0.5, 0.6) is 0 Å². The Balaban J connectivity index is 2.03. The molecule has 2 N–H and O–H groups in total. The van der Waals surface area contributed by atoms with E-state index in [-0.39, 0.29) is 6.10 Å². The maximum Gasteiger partial charge on any atom is 0.161 e. The van der Waals surface area contributed by atoms with Crippen molar-refractivity contribution in [1.29, 1.82) is 5.26 Å². The van der Waals surface area contributed by atoms with E-state index < -0.39 is 0 Å². The molecule has 0 saturated carbocycles. The van der Waals surface area contributed by atoms with Crippen molar-refractivity contribution >= 4 is 22.3 Å². The Morgan fingerprint density at radius 1 is 1.42 bits per heavy atom. The lowest BCUT2D eigenvalue weighted by Gasteiger charge is -2.32. The summed E-state index contributed by atoms with van der Waals surface area (Å²) >= 11 is 0. The third-order valence-electron chi connectivity index (χ3n) is 3.29.